The normalized spacial score (nSPS) is 13.0. The molecule has 0 fully saturated rings. The summed E-state index contributed by atoms with van der Waals surface area (Å²) in [5.41, 5.74) is 2.03. The second kappa shape index (κ2) is 33.0. The van der Waals surface area contributed by atoms with Crippen molar-refractivity contribution >= 4 is 30.2 Å². The van der Waals surface area contributed by atoms with Crippen molar-refractivity contribution in [3.63, 3.8) is 0 Å². The average Bonchev–Trinajstić information content (AvgIpc) is 3.84. The molecular formula is C45H61F5N6O15. The average molecular weight is 1020 g/mol. The molecule has 3 rings (SSSR count). The molecule has 0 saturated carbocycles. The van der Waals surface area contributed by atoms with Gasteiger partial charge >= 0.3 is 11.9 Å². The van der Waals surface area contributed by atoms with Gasteiger partial charge in [0.2, 0.25) is 53.1 Å². The van der Waals surface area contributed by atoms with Gasteiger partial charge in [0.05, 0.1) is 91.1 Å². The van der Waals surface area contributed by atoms with Crippen molar-refractivity contribution in [2.75, 3.05) is 79.2 Å². The number of aliphatic hydroxyl groups is 3. The molecule has 0 aliphatic heterocycles. The van der Waals surface area contributed by atoms with Gasteiger partial charge in [-0.3, -0.25) is 19.2 Å². The van der Waals surface area contributed by atoms with Crippen LogP contribution < -0.4 is 20.7 Å². The van der Waals surface area contributed by atoms with E-state index in [0.717, 1.165) is 18.4 Å². The number of halogens is 5. The maximum atomic E-state index is 13.6. The molecule has 0 aliphatic carbocycles. The zero-order valence-electron chi connectivity index (χ0n) is 38.9. The molecule has 3 aromatic rings. The number of carbonyl (C=O) groups is 5. The summed E-state index contributed by atoms with van der Waals surface area (Å²) in [7, 11) is 0. The van der Waals surface area contributed by atoms with E-state index in [0.29, 0.717) is 50.2 Å². The van der Waals surface area contributed by atoms with E-state index in [1.165, 1.54) is 0 Å². The SMILES string of the molecule is O=CNCCCCCCO[C@@](O)(CCC(CCC(O)CNC(=O)Cc1ccc(-c2cn(CCOCCOCCOCCOCCC(=O)Oc3c(F)c(F)c(F)c(F)c3F)nn2)cc1)NC(=O)CO)C(=O)O. The number of carboxylic acids is 1. The van der Waals surface area contributed by atoms with Crippen LogP contribution in [-0.2, 0) is 60.6 Å². The molecule has 0 spiro atoms. The molecule has 2 unspecified atom stereocenters. The number of nitrogens with one attached hydrogen (secondary N) is 3. The minimum atomic E-state index is -2.52. The second-order valence-electron chi connectivity index (χ2n) is 15.7. The Balaban J connectivity index is 1.24. The number of aliphatic hydroxyl groups excluding tert-OH is 2. The van der Waals surface area contributed by atoms with Gasteiger partial charge in [-0.15, -0.1) is 5.10 Å². The van der Waals surface area contributed by atoms with E-state index in [2.05, 4.69) is 31.0 Å². The molecule has 0 aliphatic rings. The molecule has 0 radical (unpaired) electrons. The monoisotopic (exact) mass is 1020 g/mol. The van der Waals surface area contributed by atoms with E-state index in [-0.39, 0.29) is 97.4 Å². The van der Waals surface area contributed by atoms with E-state index in [4.69, 9.17) is 23.7 Å². The molecule has 21 nitrogen and oxygen atoms in total. The van der Waals surface area contributed by atoms with Gasteiger partial charge in [-0.25, -0.2) is 22.6 Å². The first-order chi connectivity index (χ1) is 34.1. The number of carbonyl (C=O) groups excluding carboxylic acids is 4. The summed E-state index contributed by atoms with van der Waals surface area (Å²) in [6, 6.07) is 6.35. The number of unbranched alkanes of at least 4 members (excludes halogenated alkanes) is 3. The van der Waals surface area contributed by atoms with Crippen LogP contribution in [0.2, 0.25) is 0 Å². The Morgan fingerprint density at radius 1 is 0.761 bits per heavy atom. The van der Waals surface area contributed by atoms with Crippen molar-refractivity contribution in [1.29, 1.82) is 0 Å². The van der Waals surface area contributed by atoms with Gasteiger partial charge in [0.15, 0.2) is 0 Å². The highest BCUT2D eigenvalue weighted by atomic mass is 19.2. The van der Waals surface area contributed by atoms with Crippen molar-refractivity contribution in [2.45, 2.75) is 88.7 Å². The lowest BCUT2D eigenvalue weighted by atomic mass is 9.99. The van der Waals surface area contributed by atoms with Gasteiger partial charge in [0.25, 0.3) is 5.79 Å². The topological polar surface area (TPSA) is 288 Å². The molecule has 0 saturated heterocycles. The first kappa shape index (κ1) is 59.6. The Morgan fingerprint density at radius 2 is 1.37 bits per heavy atom. The number of hydrogen-bond donors (Lipinski definition) is 7. The number of ether oxygens (including phenoxy) is 6. The summed E-state index contributed by atoms with van der Waals surface area (Å²) >= 11 is 0. The van der Waals surface area contributed by atoms with Crippen molar-refractivity contribution in [3.05, 3.63) is 65.1 Å². The van der Waals surface area contributed by atoms with E-state index in [1.54, 1.807) is 35.1 Å². The van der Waals surface area contributed by atoms with Crippen molar-refractivity contribution < 1.29 is 94.8 Å². The van der Waals surface area contributed by atoms with E-state index < -0.39 is 83.6 Å². The predicted molar refractivity (Wildman–Crippen MR) is 236 cm³/mol. The van der Waals surface area contributed by atoms with Crippen LogP contribution in [0.5, 0.6) is 5.75 Å². The molecule has 3 amide bonds. The highest BCUT2D eigenvalue weighted by Crippen LogP contribution is 2.29. The summed E-state index contributed by atoms with van der Waals surface area (Å²) in [5.74, 6) is -19.5. The first-order valence-corrected chi connectivity index (χ1v) is 22.7. The lowest BCUT2D eigenvalue weighted by Gasteiger charge is -2.27. The minimum absolute atomic E-state index is 0.0156. The number of amides is 3. The van der Waals surface area contributed by atoms with E-state index in [1.807, 2.05) is 0 Å². The molecule has 0 bridgehead atoms. The molecular weight excluding hydrogens is 960 g/mol. The van der Waals surface area contributed by atoms with Crippen LogP contribution in [0.25, 0.3) is 11.3 Å². The number of hydrogen-bond acceptors (Lipinski definition) is 16. The highest BCUT2D eigenvalue weighted by molar-refractivity contribution is 5.79. The molecule has 7 N–H and O–H groups in total. The number of esters is 1. The quantitative estimate of drug-likeness (QED) is 0.00627. The van der Waals surface area contributed by atoms with E-state index >= 15 is 0 Å². The third-order valence-electron chi connectivity index (χ3n) is 10.3. The number of aliphatic carboxylic acids is 1. The fraction of sp³-hybridized carbons (Fsp3) is 0.578. The maximum Gasteiger partial charge on any atom is 0.364 e. The van der Waals surface area contributed by atoms with Crippen molar-refractivity contribution in [1.82, 2.24) is 30.9 Å². The second-order valence-corrected chi connectivity index (χ2v) is 15.7. The lowest BCUT2D eigenvalue weighted by molar-refractivity contribution is -0.227. The van der Waals surface area contributed by atoms with E-state index in [9.17, 15) is 66.4 Å². The van der Waals surface area contributed by atoms with Gasteiger partial charge in [0, 0.05) is 31.1 Å². The van der Waals surface area contributed by atoms with Gasteiger partial charge in [-0.05, 0) is 37.7 Å². The van der Waals surface area contributed by atoms with Crippen LogP contribution >= 0.6 is 0 Å². The zero-order chi connectivity index (χ0) is 52.0. The van der Waals surface area contributed by atoms with Crippen LogP contribution in [-0.4, -0.2) is 163 Å². The highest BCUT2D eigenvalue weighted by Gasteiger charge is 2.38. The predicted octanol–water partition coefficient (Wildman–Crippen LogP) is 1.86. The van der Waals surface area contributed by atoms with Crippen molar-refractivity contribution in [2.24, 2.45) is 0 Å². The van der Waals surface area contributed by atoms with Crippen LogP contribution in [0.15, 0.2) is 30.5 Å². The largest absolute Gasteiger partial charge is 0.477 e. The third-order valence-corrected chi connectivity index (χ3v) is 10.3. The summed E-state index contributed by atoms with van der Waals surface area (Å²) in [6.07, 6.45) is 3.25. The minimum Gasteiger partial charge on any atom is -0.477 e. The number of aromatic nitrogens is 3. The Labute approximate surface area is 405 Å². The summed E-state index contributed by atoms with van der Waals surface area (Å²) in [5, 5.41) is 56.2. The lowest BCUT2D eigenvalue weighted by Crippen LogP contribution is -2.45. The Morgan fingerprint density at radius 3 is 1.99 bits per heavy atom. The number of rotatable bonds is 39. The fourth-order valence-electron chi connectivity index (χ4n) is 6.38. The molecule has 71 heavy (non-hydrogen) atoms. The Hall–Kier alpha value is -5.74. The standard InChI is InChI=1S/C45H61F5N6O15/c46-38-39(47)41(49)43(42(50)40(38)48)71-37(62)12-17-66-19-21-68-23-24-69-22-20-67-18-15-56-27-34(54-55-56)31-7-5-30(6-8-31)25-35(60)52-26-33(59)10-9-32(53-36(61)28-57)11-13-45(65,44(63)64)70-16-4-2-1-3-14-51-29-58/h5-8,27,29,32-33,57,59,65H,1-4,9-26,28H2,(H,51,58)(H,52,60)(H,53,61)(H,63,64)/t32?,33?,45-/m0/s1. The number of benzene rings is 2. The van der Waals surface area contributed by atoms with Crippen LogP contribution in [0.3, 0.4) is 0 Å². The molecule has 396 valence electrons. The molecule has 26 heteroatoms. The summed E-state index contributed by atoms with van der Waals surface area (Å²) < 4.78 is 99.5. The van der Waals surface area contributed by atoms with Crippen molar-refractivity contribution in [3.8, 4) is 17.0 Å². The summed E-state index contributed by atoms with van der Waals surface area (Å²) in [4.78, 5) is 58.6. The molecule has 1 aromatic heterocycles. The van der Waals surface area contributed by atoms with Gasteiger partial charge in [-0.2, -0.15) is 8.78 Å². The zero-order valence-corrected chi connectivity index (χ0v) is 38.9. The summed E-state index contributed by atoms with van der Waals surface area (Å²) in [6.45, 7) is 1.18. The Kier molecular flexibility index (Phi) is 27.7. The molecule has 3 atom stereocenters. The first-order valence-electron chi connectivity index (χ1n) is 22.7. The fourth-order valence-corrected chi connectivity index (χ4v) is 6.38. The van der Waals surface area contributed by atoms with Crippen LogP contribution in [0.1, 0.15) is 63.4 Å². The number of nitrogens with zero attached hydrogens (tertiary/aromatic N) is 3. The molecule has 2 aromatic carbocycles. The van der Waals surface area contributed by atoms with Gasteiger partial charge in [0.1, 0.15) is 12.3 Å². The van der Waals surface area contributed by atoms with Crippen LogP contribution in [0, 0.1) is 29.1 Å². The van der Waals surface area contributed by atoms with Crippen LogP contribution in [0.4, 0.5) is 22.0 Å². The smallest absolute Gasteiger partial charge is 0.364 e. The van der Waals surface area contributed by atoms with Gasteiger partial charge < -0.3 is 64.8 Å². The Bertz CT molecular complexity index is 2080. The maximum absolute atomic E-state index is 13.6. The van der Waals surface area contributed by atoms with Gasteiger partial charge in [-0.1, -0.05) is 42.3 Å². The molecule has 1 heterocycles. The third kappa shape index (κ3) is 22.5. The number of carboxylic acid groups (broad SMARTS) is 1.